The Morgan fingerprint density at radius 2 is 1.75 bits per heavy atom. The molecule has 1 aromatic rings. The van der Waals surface area contributed by atoms with Crippen molar-refractivity contribution < 1.29 is 5.11 Å². The van der Waals surface area contributed by atoms with Gasteiger partial charge in [0.1, 0.15) is 0 Å². The Balaban J connectivity index is 1.64. The number of nitrogens with one attached hydrogen (secondary N) is 1. The molecule has 3 rings (SSSR count). The molecule has 2 heteroatoms. The second-order valence-electron chi connectivity index (χ2n) is 6.61. The molecule has 2 aliphatic rings. The molecule has 1 aromatic carbocycles. The molecule has 1 saturated carbocycles. The van der Waals surface area contributed by atoms with Gasteiger partial charge < -0.3 is 10.4 Å². The molecular formula is C18H27NO. The van der Waals surface area contributed by atoms with Crippen molar-refractivity contribution in [3.63, 3.8) is 0 Å². The van der Waals surface area contributed by atoms with Crippen LogP contribution in [0.3, 0.4) is 0 Å². The van der Waals surface area contributed by atoms with Crippen LogP contribution in [0.4, 0.5) is 0 Å². The van der Waals surface area contributed by atoms with E-state index >= 15 is 0 Å². The standard InChI is InChI=1S/C18H27NO/c1-2-17(20)9-10-19-18-15-7-8-16(18)12-14-6-4-3-5-13(14)11-15/h3-6,15-20H,2,7-12H2,1H3. The highest BCUT2D eigenvalue weighted by atomic mass is 16.3. The Morgan fingerprint density at radius 3 is 2.30 bits per heavy atom. The second-order valence-corrected chi connectivity index (χ2v) is 6.61. The van der Waals surface area contributed by atoms with Crippen molar-refractivity contribution in [3.8, 4) is 0 Å². The van der Waals surface area contributed by atoms with Crippen LogP contribution in [0.5, 0.6) is 0 Å². The van der Waals surface area contributed by atoms with Gasteiger partial charge in [0, 0.05) is 6.04 Å². The molecule has 0 heterocycles. The summed E-state index contributed by atoms with van der Waals surface area (Å²) in [5.41, 5.74) is 3.14. The van der Waals surface area contributed by atoms with Gasteiger partial charge in [-0.25, -0.2) is 0 Å². The largest absolute Gasteiger partial charge is 0.393 e. The van der Waals surface area contributed by atoms with Crippen molar-refractivity contribution in [2.45, 2.75) is 57.6 Å². The third kappa shape index (κ3) is 2.91. The van der Waals surface area contributed by atoms with Crippen molar-refractivity contribution in [1.82, 2.24) is 5.32 Å². The van der Waals surface area contributed by atoms with E-state index in [1.54, 1.807) is 11.1 Å². The van der Waals surface area contributed by atoms with E-state index in [-0.39, 0.29) is 6.10 Å². The molecule has 2 aliphatic carbocycles. The summed E-state index contributed by atoms with van der Waals surface area (Å²) in [6, 6.07) is 9.64. The van der Waals surface area contributed by atoms with Crippen molar-refractivity contribution in [2.75, 3.05) is 6.54 Å². The van der Waals surface area contributed by atoms with Gasteiger partial charge in [-0.2, -0.15) is 0 Å². The summed E-state index contributed by atoms with van der Waals surface area (Å²) in [5, 5.41) is 13.5. The van der Waals surface area contributed by atoms with Crippen LogP contribution in [0.1, 0.15) is 43.7 Å². The highest BCUT2D eigenvalue weighted by Gasteiger charge is 2.38. The van der Waals surface area contributed by atoms with E-state index in [0.717, 1.165) is 31.2 Å². The molecule has 0 radical (unpaired) electrons. The molecule has 0 saturated heterocycles. The molecule has 0 aromatic heterocycles. The van der Waals surface area contributed by atoms with Gasteiger partial charge in [-0.15, -0.1) is 0 Å². The molecule has 0 aliphatic heterocycles. The number of rotatable bonds is 5. The van der Waals surface area contributed by atoms with E-state index in [0.29, 0.717) is 6.04 Å². The lowest BCUT2D eigenvalue weighted by molar-refractivity contribution is 0.156. The lowest BCUT2D eigenvalue weighted by Gasteiger charge is -2.24. The van der Waals surface area contributed by atoms with E-state index in [1.807, 2.05) is 0 Å². The first kappa shape index (κ1) is 14.1. The minimum absolute atomic E-state index is 0.136. The molecule has 3 unspecified atom stereocenters. The predicted octanol–water partition coefficient (Wildman–Crippen LogP) is 2.93. The Labute approximate surface area is 122 Å². The van der Waals surface area contributed by atoms with Gasteiger partial charge in [0.25, 0.3) is 0 Å². The smallest absolute Gasteiger partial charge is 0.0549 e. The monoisotopic (exact) mass is 273 g/mol. The Bertz CT molecular complexity index is 412. The van der Waals surface area contributed by atoms with Gasteiger partial charge in [0.15, 0.2) is 0 Å². The van der Waals surface area contributed by atoms with Gasteiger partial charge in [-0.05, 0) is 68.0 Å². The van der Waals surface area contributed by atoms with Crippen LogP contribution in [-0.2, 0) is 12.8 Å². The van der Waals surface area contributed by atoms with Crippen LogP contribution in [0.15, 0.2) is 24.3 Å². The van der Waals surface area contributed by atoms with E-state index < -0.39 is 0 Å². The molecular weight excluding hydrogens is 246 g/mol. The van der Waals surface area contributed by atoms with Crippen LogP contribution in [0.2, 0.25) is 0 Å². The zero-order chi connectivity index (χ0) is 13.9. The molecule has 110 valence electrons. The minimum atomic E-state index is -0.136. The summed E-state index contributed by atoms with van der Waals surface area (Å²) in [6.07, 6.45) is 6.83. The summed E-state index contributed by atoms with van der Waals surface area (Å²) >= 11 is 0. The lowest BCUT2D eigenvalue weighted by Crippen LogP contribution is -2.39. The highest BCUT2D eigenvalue weighted by Crippen LogP contribution is 2.39. The summed E-state index contributed by atoms with van der Waals surface area (Å²) in [5.74, 6) is 1.59. The van der Waals surface area contributed by atoms with Crippen LogP contribution in [0, 0.1) is 11.8 Å². The zero-order valence-electron chi connectivity index (χ0n) is 12.5. The maximum Gasteiger partial charge on any atom is 0.0549 e. The Hall–Kier alpha value is -0.860. The van der Waals surface area contributed by atoms with E-state index in [4.69, 9.17) is 0 Å². The average molecular weight is 273 g/mol. The SMILES string of the molecule is CCC(O)CCNC1C2CCC1Cc1ccccc1C2. The topological polar surface area (TPSA) is 32.3 Å². The Morgan fingerprint density at radius 1 is 1.15 bits per heavy atom. The van der Waals surface area contributed by atoms with Crippen molar-refractivity contribution in [3.05, 3.63) is 35.4 Å². The summed E-state index contributed by atoms with van der Waals surface area (Å²) in [4.78, 5) is 0. The zero-order valence-corrected chi connectivity index (χ0v) is 12.5. The van der Waals surface area contributed by atoms with Gasteiger partial charge in [-0.3, -0.25) is 0 Å². The van der Waals surface area contributed by atoms with Crippen LogP contribution in [0.25, 0.3) is 0 Å². The normalized spacial score (nSPS) is 29.8. The Kier molecular flexibility index (Phi) is 4.42. The fraction of sp³-hybridized carbons (Fsp3) is 0.667. The lowest BCUT2D eigenvalue weighted by atomic mass is 9.94. The molecule has 2 N–H and O–H groups in total. The fourth-order valence-corrected chi connectivity index (χ4v) is 4.11. The van der Waals surface area contributed by atoms with Crippen molar-refractivity contribution in [1.29, 1.82) is 0 Å². The highest BCUT2D eigenvalue weighted by molar-refractivity contribution is 5.30. The van der Waals surface area contributed by atoms with Crippen LogP contribution in [-0.4, -0.2) is 23.8 Å². The first-order valence-corrected chi connectivity index (χ1v) is 8.26. The predicted molar refractivity (Wildman–Crippen MR) is 82.8 cm³/mol. The quantitative estimate of drug-likeness (QED) is 0.864. The third-order valence-corrected chi connectivity index (χ3v) is 5.34. The number of aliphatic hydroxyl groups excluding tert-OH is 1. The van der Waals surface area contributed by atoms with Gasteiger partial charge in [0.05, 0.1) is 6.10 Å². The first-order chi connectivity index (χ1) is 9.78. The van der Waals surface area contributed by atoms with Crippen molar-refractivity contribution >= 4 is 0 Å². The number of fused-ring (bicyclic) bond motifs is 3. The van der Waals surface area contributed by atoms with Crippen molar-refractivity contribution in [2.24, 2.45) is 11.8 Å². The first-order valence-electron chi connectivity index (χ1n) is 8.26. The third-order valence-electron chi connectivity index (χ3n) is 5.34. The maximum atomic E-state index is 9.69. The minimum Gasteiger partial charge on any atom is -0.393 e. The number of hydrogen-bond acceptors (Lipinski definition) is 2. The molecule has 1 fully saturated rings. The summed E-state index contributed by atoms with van der Waals surface area (Å²) < 4.78 is 0. The molecule has 2 nitrogen and oxygen atoms in total. The molecule has 0 spiro atoms. The number of hydrogen-bond donors (Lipinski definition) is 2. The van der Waals surface area contributed by atoms with Gasteiger partial charge in [0.2, 0.25) is 0 Å². The van der Waals surface area contributed by atoms with Crippen LogP contribution >= 0.6 is 0 Å². The second kappa shape index (κ2) is 6.28. The maximum absolute atomic E-state index is 9.69. The van der Waals surface area contributed by atoms with E-state index in [1.165, 1.54) is 25.7 Å². The number of benzene rings is 1. The average Bonchev–Trinajstić information content (AvgIpc) is 2.74. The molecule has 3 atom stereocenters. The summed E-state index contributed by atoms with van der Waals surface area (Å²) in [6.45, 7) is 3.01. The van der Waals surface area contributed by atoms with Gasteiger partial charge >= 0.3 is 0 Å². The molecule has 20 heavy (non-hydrogen) atoms. The van der Waals surface area contributed by atoms with Crippen LogP contribution < -0.4 is 5.32 Å². The molecule has 2 bridgehead atoms. The van der Waals surface area contributed by atoms with E-state index in [2.05, 4.69) is 36.5 Å². The van der Waals surface area contributed by atoms with E-state index in [9.17, 15) is 5.11 Å². The number of aliphatic hydroxyl groups is 1. The van der Waals surface area contributed by atoms with Gasteiger partial charge in [-0.1, -0.05) is 31.2 Å². The summed E-state index contributed by atoms with van der Waals surface area (Å²) in [7, 11) is 0. The molecule has 0 amide bonds. The fourth-order valence-electron chi connectivity index (χ4n) is 4.11.